The van der Waals surface area contributed by atoms with E-state index in [4.69, 9.17) is 18.0 Å². The van der Waals surface area contributed by atoms with Crippen molar-refractivity contribution in [3.05, 3.63) is 33.8 Å². The molecule has 1 saturated carbocycles. The third-order valence-electron chi connectivity index (χ3n) is 3.59. The van der Waals surface area contributed by atoms with Crippen LogP contribution in [-0.2, 0) is 0 Å². The summed E-state index contributed by atoms with van der Waals surface area (Å²) in [4.78, 5) is 12.8. The number of nitrogens with one attached hydrogen (secondary N) is 1. The fraction of sp³-hybridized carbons (Fsp3) is 0.429. The van der Waals surface area contributed by atoms with Crippen LogP contribution in [-0.4, -0.2) is 16.4 Å². The third kappa shape index (κ3) is 3.15. The Kier molecular flexibility index (Phi) is 4.26. The number of amides is 1. The molecule has 0 radical (unpaired) electrons. The second kappa shape index (κ2) is 5.59. The van der Waals surface area contributed by atoms with Gasteiger partial charge in [0.1, 0.15) is 0 Å². The summed E-state index contributed by atoms with van der Waals surface area (Å²) in [6.45, 7) is 1.96. The number of hydrogen-bond donors (Lipinski definition) is 2. The fourth-order valence-electron chi connectivity index (χ4n) is 2.57. The fourth-order valence-corrected chi connectivity index (χ4v) is 3.43. The summed E-state index contributed by atoms with van der Waals surface area (Å²) in [6.07, 6.45) is 3.77. The monoisotopic (exact) mass is 340 g/mol. The van der Waals surface area contributed by atoms with Crippen molar-refractivity contribution >= 4 is 39.0 Å². The number of halogens is 1. The lowest BCUT2D eigenvalue weighted by Crippen LogP contribution is -2.54. The van der Waals surface area contributed by atoms with Crippen molar-refractivity contribution in [1.82, 2.24) is 5.32 Å². The maximum absolute atomic E-state index is 12.4. The van der Waals surface area contributed by atoms with Gasteiger partial charge < -0.3 is 11.1 Å². The van der Waals surface area contributed by atoms with Gasteiger partial charge in [-0.1, -0.05) is 41.0 Å². The number of rotatable bonds is 3. The quantitative estimate of drug-likeness (QED) is 0.831. The molecule has 0 unspecified atom stereocenters. The average molecular weight is 341 g/mol. The number of carbonyl (C=O) groups is 1. The van der Waals surface area contributed by atoms with E-state index in [9.17, 15) is 4.79 Å². The van der Waals surface area contributed by atoms with Crippen LogP contribution in [0.4, 0.5) is 0 Å². The molecule has 1 amide bonds. The molecule has 3 N–H and O–H groups in total. The Bertz CT molecular complexity index is 504. The summed E-state index contributed by atoms with van der Waals surface area (Å²) in [5, 5.41) is 3.04. The van der Waals surface area contributed by atoms with E-state index in [0.29, 0.717) is 10.6 Å². The minimum absolute atomic E-state index is 0.112. The first kappa shape index (κ1) is 14.5. The maximum Gasteiger partial charge on any atom is 0.252 e. The number of nitrogens with two attached hydrogens (primary N) is 1. The van der Waals surface area contributed by atoms with Crippen LogP contribution in [0.2, 0.25) is 0 Å². The lowest BCUT2D eigenvalue weighted by molar-refractivity contribution is 0.0924. The highest BCUT2D eigenvalue weighted by molar-refractivity contribution is 9.10. The van der Waals surface area contributed by atoms with Crippen LogP contribution in [0.5, 0.6) is 0 Å². The Morgan fingerprint density at radius 2 is 2.00 bits per heavy atom. The van der Waals surface area contributed by atoms with Gasteiger partial charge in [0.2, 0.25) is 0 Å². The van der Waals surface area contributed by atoms with E-state index >= 15 is 0 Å². The van der Waals surface area contributed by atoms with Crippen LogP contribution in [0, 0.1) is 6.92 Å². The van der Waals surface area contributed by atoms with E-state index in [-0.39, 0.29) is 5.91 Å². The minimum atomic E-state index is -0.497. The molecule has 0 heterocycles. The van der Waals surface area contributed by atoms with Crippen LogP contribution in [0.15, 0.2) is 22.7 Å². The number of carbonyl (C=O) groups excluding carboxylic acids is 1. The summed E-state index contributed by atoms with van der Waals surface area (Å²) in [6, 6.07) is 5.64. The van der Waals surface area contributed by atoms with E-state index in [2.05, 4.69) is 21.2 Å². The van der Waals surface area contributed by atoms with Crippen molar-refractivity contribution in [1.29, 1.82) is 0 Å². The maximum atomic E-state index is 12.4. The van der Waals surface area contributed by atoms with Crippen LogP contribution in [0.25, 0.3) is 0 Å². The summed E-state index contributed by atoms with van der Waals surface area (Å²) < 4.78 is 0.897. The molecular formula is C14H17BrN2OS. The molecule has 1 aromatic carbocycles. The molecule has 0 saturated heterocycles. The summed E-state index contributed by atoms with van der Waals surface area (Å²) >= 11 is 8.55. The predicted molar refractivity (Wildman–Crippen MR) is 84.3 cm³/mol. The number of hydrogen-bond acceptors (Lipinski definition) is 2. The molecular weight excluding hydrogens is 324 g/mol. The zero-order chi connectivity index (χ0) is 14.0. The summed E-state index contributed by atoms with van der Waals surface area (Å²) in [5.41, 5.74) is 7.00. The lowest BCUT2D eigenvalue weighted by atomic mass is 9.96. The van der Waals surface area contributed by atoms with Crippen LogP contribution in [0.1, 0.15) is 41.6 Å². The Morgan fingerprint density at radius 1 is 1.37 bits per heavy atom. The lowest BCUT2D eigenvalue weighted by Gasteiger charge is -2.29. The molecule has 1 aromatic rings. The van der Waals surface area contributed by atoms with Crippen molar-refractivity contribution in [3.63, 3.8) is 0 Å². The van der Waals surface area contributed by atoms with Crippen molar-refractivity contribution in [2.45, 2.75) is 38.1 Å². The highest BCUT2D eigenvalue weighted by Gasteiger charge is 2.38. The number of aryl methyl sites for hydroxylation is 1. The van der Waals surface area contributed by atoms with E-state index in [1.54, 1.807) is 0 Å². The van der Waals surface area contributed by atoms with Crippen molar-refractivity contribution in [3.8, 4) is 0 Å². The third-order valence-corrected chi connectivity index (χ3v) is 4.43. The zero-order valence-electron chi connectivity index (χ0n) is 10.8. The van der Waals surface area contributed by atoms with Gasteiger partial charge in [0.05, 0.1) is 10.5 Å². The Morgan fingerprint density at radius 3 is 2.53 bits per heavy atom. The van der Waals surface area contributed by atoms with E-state index in [1.807, 2.05) is 25.1 Å². The van der Waals surface area contributed by atoms with E-state index < -0.39 is 5.54 Å². The zero-order valence-corrected chi connectivity index (χ0v) is 13.2. The average Bonchev–Trinajstić information content (AvgIpc) is 2.77. The van der Waals surface area contributed by atoms with Gasteiger partial charge in [-0.2, -0.15) is 0 Å². The molecule has 0 atom stereocenters. The van der Waals surface area contributed by atoms with Crippen LogP contribution >= 0.6 is 28.1 Å². The molecule has 5 heteroatoms. The second-order valence-corrected chi connectivity index (χ2v) is 6.48. The van der Waals surface area contributed by atoms with Crippen molar-refractivity contribution in [2.75, 3.05) is 0 Å². The Labute approximate surface area is 127 Å². The van der Waals surface area contributed by atoms with Gasteiger partial charge in [0, 0.05) is 10.0 Å². The highest BCUT2D eigenvalue weighted by atomic mass is 79.9. The van der Waals surface area contributed by atoms with Crippen LogP contribution in [0.3, 0.4) is 0 Å². The van der Waals surface area contributed by atoms with Crippen molar-refractivity contribution < 1.29 is 4.79 Å². The highest BCUT2D eigenvalue weighted by Crippen LogP contribution is 2.30. The smallest absolute Gasteiger partial charge is 0.252 e. The second-order valence-electron chi connectivity index (χ2n) is 5.12. The summed E-state index contributed by atoms with van der Waals surface area (Å²) in [5.74, 6) is -0.112. The molecule has 0 aliphatic heterocycles. The largest absolute Gasteiger partial charge is 0.391 e. The van der Waals surface area contributed by atoms with Gasteiger partial charge >= 0.3 is 0 Å². The molecule has 0 bridgehead atoms. The van der Waals surface area contributed by atoms with Crippen molar-refractivity contribution in [2.24, 2.45) is 5.73 Å². The van der Waals surface area contributed by atoms with E-state index in [0.717, 1.165) is 35.7 Å². The molecule has 0 aromatic heterocycles. The van der Waals surface area contributed by atoms with Gasteiger partial charge in [0.15, 0.2) is 0 Å². The van der Waals surface area contributed by atoms with Gasteiger partial charge in [-0.15, -0.1) is 0 Å². The molecule has 0 spiro atoms. The molecule has 102 valence electrons. The SMILES string of the molecule is Cc1cc(Br)cc(C(=O)NC2(C(N)=S)CCCC2)c1. The molecule has 1 aliphatic carbocycles. The molecule has 1 aliphatic rings. The Hall–Kier alpha value is -0.940. The van der Waals surface area contributed by atoms with Gasteiger partial charge in [-0.25, -0.2) is 0 Å². The van der Waals surface area contributed by atoms with Gasteiger partial charge in [0.25, 0.3) is 5.91 Å². The van der Waals surface area contributed by atoms with E-state index in [1.165, 1.54) is 0 Å². The molecule has 3 nitrogen and oxygen atoms in total. The van der Waals surface area contributed by atoms with Crippen LogP contribution < -0.4 is 11.1 Å². The molecule has 19 heavy (non-hydrogen) atoms. The normalized spacial score (nSPS) is 17.2. The first-order chi connectivity index (χ1) is 8.93. The number of thiocarbonyl (C=S) groups is 1. The minimum Gasteiger partial charge on any atom is -0.391 e. The predicted octanol–water partition coefficient (Wildman–Crippen LogP) is 3.09. The standard InChI is InChI=1S/C14H17BrN2OS/c1-9-6-10(8-11(15)7-9)12(18)17-14(13(16)19)4-2-3-5-14/h6-8H,2-5H2,1H3,(H2,16,19)(H,17,18). The Balaban J connectivity index is 2.22. The number of benzene rings is 1. The topological polar surface area (TPSA) is 55.1 Å². The molecule has 2 rings (SSSR count). The van der Waals surface area contributed by atoms with Gasteiger partial charge in [-0.05, 0) is 43.5 Å². The summed E-state index contributed by atoms with van der Waals surface area (Å²) in [7, 11) is 0. The molecule has 1 fully saturated rings. The first-order valence-electron chi connectivity index (χ1n) is 6.33. The first-order valence-corrected chi connectivity index (χ1v) is 7.53. The van der Waals surface area contributed by atoms with Gasteiger partial charge in [-0.3, -0.25) is 4.79 Å².